The summed E-state index contributed by atoms with van der Waals surface area (Å²) in [6.45, 7) is 1.08. The first-order valence-corrected chi connectivity index (χ1v) is 9.52. The minimum absolute atomic E-state index is 0.0615. The van der Waals surface area contributed by atoms with Crippen LogP contribution >= 0.6 is 0 Å². The summed E-state index contributed by atoms with van der Waals surface area (Å²) in [6, 6.07) is 4.37. The van der Waals surface area contributed by atoms with Crippen LogP contribution in [-0.4, -0.2) is 74.4 Å². The van der Waals surface area contributed by atoms with Gasteiger partial charge < -0.3 is 35.0 Å². The summed E-state index contributed by atoms with van der Waals surface area (Å²) in [6.07, 6.45) is -4.51. The predicted octanol–water partition coefficient (Wildman–Crippen LogP) is -0.121. The number of rotatable bonds is 3. The van der Waals surface area contributed by atoms with E-state index in [-0.39, 0.29) is 28.4 Å². The Morgan fingerprint density at radius 3 is 2.50 bits per heavy atom. The average Bonchev–Trinajstić information content (AvgIpc) is 2.71. The topological polar surface area (TPSA) is 154 Å². The van der Waals surface area contributed by atoms with Crippen LogP contribution in [0.2, 0.25) is 0 Å². The first kappa shape index (κ1) is 20.7. The second kappa shape index (κ2) is 7.60. The summed E-state index contributed by atoms with van der Waals surface area (Å²) in [7, 11) is 0. The van der Waals surface area contributed by atoms with Crippen molar-refractivity contribution < 1.29 is 44.6 Å². The van der Waals surface area contributed by atoms with E-state index >= 15 is 0 Å². The third-order valence-corrected chi connectivity index (χ3v) is 5.71. The number of aliphatic hydroxyl groups excluding tert-OH is 5. The molecule has 0 bridgehead atoms. The number of benzene rings is 1. The molecule has 0 spiro atoms. The lowest BCUT2D eigenvalue weighted by molar-refractivity contribution is -0.277. The molecule has 1 aromatic rings. The Morgan fingerprint density at radius 2 is 1.80 bits per heavy atom. The van der Waals surface area contributed by atoms with Crippen molar-refractivity contribution in [2.75, 3.05) is 6.61 Å². The molecular weight excluding hydrogens is 396 g/mol. The summed E-state index contributed by atoms with van der Waals surface area (Å²) >= 11 is 0. The molecule has 1 aromatic carbocycles. The van der Waals surface area contributed by atoms with E-state index in [2.05, 4.69) is 0 Å². The molecule has 0 amide bonds. The van der Waals surface area contributed by atoms with Crippen molar-refractivity contribution in [2.45, 2.75) is 37.6 Å². The van der Waals surface area contributed by atoms with Gasteiger partial charge in [-0.05, 0) is 19.1 Å². The minimum Gasteiger partial charge on any atom is -0.511 e. The van der Waals surface area contributed by atoms with Crippen molar-refractivity contribution >= 4 is 11.6 Å². The molecule has 5 N–H and O–H groups in total. The first-order valence-electron chi connectivity index (χ1n) is 9.52. The van der Waals surface area contributed by atoms with Crippen molar-refractivity contribution in [1.29, 1.82) is 0 Å². The zero-order chi connectivity index (χ0) is 21.7. The van der Waals surface area contributed by atoms with Crippen LogP contribution in [0.4, 0.5) is 0 Å². The van der Waals surface area contributed by atoms with Crippen LogP contribution in [0.1, 0.15) is 27.6 Å². The van der Waals surface area contributed by atoms with Gasteiger partial charge >= 0.3 is 0 Å². The van der Waals surface area contributed by atoms with Gasteiger partial charge in [0.25, 0.3) is 0 Å². The third kappa shape index (κ3) is 3.15. The summed E-state index contributed by atoms with van der Waals surface area (Å²) < 4.78 is 11.0. The second-order valence-electron chi connectivity index (χ2n) is 7.71. The molecule has 1 saturated heterocycles. The molecule has 30 heavy (non-hydrogen) atoms. The van der Waals surface area contributed by atoms with E-state index in [1.165, 1.54) is 24.3 Å². The fourth-order valence-corrected chi connectivity index (χ4v) is 4.17. The Labute approximate surface area is 171 Å². The highest BCUT2D eigenvalue weighted by atomic mass is 16.7. The Hall–Kier alpha value is -2.56. The fourth-order valence-electron chi connectivity index (χ4n) is 4.17. The molecule has 0 radical (unpaired) electrons. The molecule has 7 atom stereocenters. The average molecular weight is 418 g/mol. The van der Waals surface area contributed by atoms with Gasteiger partial charge in [-0.3, -0.25) is 9.59 Å². The van der Waals surface area contributed by atoms with E-state index in [0.29, 0.717) is 5.57 Å². The Kier molecular flexibility index (Phi) is 5.25. The van der Waals surface area contributed by atoms with E-state index in [1.54, 1.807) is 13.0 Å². The van der Waals surface area contributed by atoms with Gasteiger partial charge in [-0.1, -0.05) is 23.8 Å². The van der Waals surface area contributed by atoms with Crippen molar-refractivity contribution in [3.63, 3.8) is 0 Å². The number of carbonyl (C=O) groups excluding carboxylic acids is 2. The number of allylic oxidation sites excluding steroid dienone is 4. The minimum atomic E-state index is -1.67. The maximum Gasteiger partial charge on any atom is 0.229 e. The quantitative estimate of drug-likeness (QED) is 0.452. The van der Waals surface area contributed by atoms with Crippen LogP contribution in [0.15, 0.2) is 41.7 Å². The Morgan fingerprint density at radius 1 is 1.07 bits per heavy atom. The molecule has 1 heterocycles. The van der Waals surface area contributed by atoms with Crippen molar-refractivity contribution in [2.24, 2.45) is 11.8 Å². The summed E-state index contributed by atoms with van der Waals surface area (Å²) in [5.41, 5.74) is 0.725. The normalized spacial score (nSPS) is 35.8. The lowest BCUT2D eigenvalue weighted by Gasteiger charge is -2.40. The smallest absolute Gasteiger partial charge is 0.229 e. The fraction of sp³-hybridized carbons (Fsp3) is 0.429. The highest BCUT2D eigenvalue weighted by Crippen LogP contribution is 2.41. The highest BCUT2D eigenvalue weighted by molar-refractivity contribution is 6.19. The van der Waals surface area contributed by atoms with Gasteiger partial charge in [-0.15, -0.1) is 0 Å². The number of aliphatic hydroxyl groups is 5. The van der Waals surface area contributed by atoms with Crippen molar-refractivity contribution in [3.8, 4) is 5.75 Å². The number of hydrogen-bond acceptors (Lipinski definition) is 9. The van der Waals surface area contributed by atoms with Gasteiger partial charge in [-0.2, -0.15) is 0 Å². The maximum atomic E-state index is 13.2. The molecular formula is C21H22O9. The van der Waals surface area contributed by atoms with Crippen LogP contribution in [-0.2, 0) is 4.74 Å². The molecule has 0 aromatic heterocycles. The molecule has 9 nitrogen and oxygen atoms in total. The third-order valence-electron chi connectivity index (χ3n) is 5.71. The van der Waals surface area contributed by atoms with E-state index in [9.17, 15) is 35.1 Å². The van der Waals surface area contributed by atoms with Crippen molar-refractivity contribution in [3.05, 3.63) is 52.8 Å². The molecule has 1 aliphatic heterocycles. The molecule has 9 heteroatoms. The first-order chi connectivity index (χ1) is 14.2. The second-order valence-corrected chi connectivity index (χ2v) is 7.71. The van der Waals surface area contributed by atoms with E-state index < -0.39 is 54.9 Å². The molecule has 2 aliphatic carbocycles. The highest BCUT2D eigenvalue weighted by Gasteiger charge is 2.48. The van der Waals surface area contributed by atoms with Gasteiger partial charge in [0.2, 0.25) is 6.29 Å². The number of carbonyl (C=O) groups is 2. The molecule has 4 rings (SSSR count). The van der Waals surface area contributed by atoms with E-state index in [0.717, 1.165) is 0 Å². The van der Waals surface area contributed by atoms with Crippen LogP contribution in [0.3, 0.4) is 0 Å². The number of ketones is 2. The lowest BCUT2D eigenvalue weighted by Crippen LogP contribution is -2.60. The zero-order valence-corrected chi connectivity index (χ0v) is 16.0. The molecule has 1 fully saturated rings. The number of Topliss-reactive ketones (excluding diaryl/α,β-unsaturated/α-hetero) is 2. The number of hydrogen-bond donors (Lipinski definition) is 5. The van der Waals surface area contributed by atoms with Gasteiger partial charge in [-0.25, -0.2) is 0 Å². The summed E-state index contributed by atoms with van der Waals surface area (Å²) in [4.78, 5) is 26.2. The van der Waals surface area contributed by atoms with Gasteiger partial charge in [0.05, 0.1) is 24.0 Å². The van der Waals surface area contributed by atoms with Crippen LogP contribution in [0.25, 0.3) is 0 Å². The van der Waals surface area contributed by atoms with Gasteiger partial charge in [0.15, 0.2) is 11.6 Å². The largest absolute Gasteiger partial charge is 0.511 e. The van der Waals surface area contributed by atoms with Crippen molar-refractivity contribution in [1.82, 2.24) is 0 Å². The van der Waals surface area contributed by atoms with E-state index in [1.807, 2.05) is 0 Å². The number of ether oxygens (including phenoxy) is 2. The molecule has 160 valence electrons. The van der Waals surface area contributed by atoms with Crippen LogP contribution in [0, 0.1) is 11.8 Å². The standard InChI is InChI=1S/C21H22O9/c1-8-5-10-14(11(23)6-8)18(26)15-9(16(10)24)3-2-4-12(15)29-21-20(28)19(27)17(25)13(7-22)30-21/h2-6,10,13-14,17,19-23,25,27-28H,7H2,1H3/t10-,13+,14-,17+,19-,20+,21+/m0/s1. The molecule has 0 unspecified atom stereocenters. The van der Waals surface area contributed by atoms with Gasteiger partial charge in [0.1, 0.15) is 35.9 Å². The maximum absolute atomic E-state index is 13.2. The zero-order valence-electron chi connectivity index (χ0n) is 16.0. The summed E-state index contributed by atoms with van der Waals surface area (Å²) in [5, 5.41) is 49.7. The lowest BCUT2D eigenvalue weighted by atomic mass is 9.70. The monoisotopic (exact) mass is 418 g/mol. The SMILES string of the molecule is CC1=C[C@@H]2C(=O)c3cccc(O[C@@H]4O[C@H](CO)[C@@H](O)[C@H](O)[C@H]4O)c3C(=O)[C@@H]2C(O)=C1. The van der Waals surface area contributed by atoms with Crippen LogP contribution < -0.4 is 4.74 Å². The summed E-state index contributed by atoms with van der Waals surface area (Å²) in [5.74, 6) is -3.06. The van der Waals surface area contributed by atoms with Crippen LogP contribution in [0.5, 0.6) is 5.75 Å². The Bertz CT molecular complexity index is 948. The van der Waals surface area contributed by atoms with Gasteiger partial charge in [0, 0.05) is 5.56 Å². The van der Waals surface area contributed by atoms with E-state index in [4.69, 9.17) is 9.47 Å². The molecule has 3 aliphatic rings. The molecule has 0 saturated carbocycles. The predicted molar refractivity (Wildman–Crippen MR) is 101 cm³/mol. The number of fused-ring (bicyclic) bond motifs is 2. The Balaban J connectivity index is 1.71.